The summed E-state index contributed by atoms with van der Waals surface area (Å²) in [5, 5.41) is 16.3. The third-order valence-corrected chi connectivity index (χ3v) is 4.29. The Labute approximate surface area is 163 Å². The lowest BCUT2D eigenvalue weighted by atomic mass is 10.0. The van der Waals surface area contributed by atoms with Gasteiger partial charge in [-0.25, -0.2) is 4.99 Å². The van der Waals surface area contributed by atoms with Crippen molar-refractivity contribution >= 4 is 5.96 Å². The van der Waals surface area contributed by atoms with Crippen molar-refractivity contribution < 1.29 is 5.11 Å². The van der Waals surface area contributed by atoms with Crippen molar-refractivity contribution in [2.75, 3.05) is 33.8 Å². The summed E-state index contributed by atoms with van der Waals surface area (Å²) in [7, 11) is 4.14. The monoisotopic (exact) mass is 368 g/mol. The number of aliphatic imine (C=N–C) groups is 1. The van der Waals surface area contributed by atoms with Crippen molar-refractivity contribution in [3.8, 4) is 0 Å². The van der Waals surface area contributed by atoms with Gasteiger partial charge in [0, 0.05) is 25.6 Å². The molecule has 27 heavy (non-hydrogen) atoms. The second kappa shape index (κ2) is 11.4. The Morgan fingerprint density at radius 1 is 1.00 bits per heavy atom. The molecule has 0 aliphatic rings. The van der Waals surface area contributed by atoms with Gasteiger partial charge in [-0.15, -0.1) is 0 Å². The molecule has 1 atom stereocenters. The Balaban J connectivity index is 1.95. The van der Waals surface area contributed by atoms with Gasteiger partial charge in [-0.05, 0) is 37.7 Å². The summed E-state index contributed by atoms with van der Waals surface area (Å²) in [6.45, 7) is 5.14. The van der Waals surface area contributed by atoms with Crippen molar-refractivity contribution in [3.05, 3.63) is 71.3 Å². The van der Waals surface area contributed by atoms with Crippen LogP contribution in [0.2, 0.25) is 0 Å². The Bertz CT molecular complexity index is 683. The Hall–Kier alpha value is -2.37. The first kappa shape index (κ1) is 20.9. The van der Waals surface area contributed by atoms with Crippen molar-refractivity contribution in [2.45, 2.75) is 25.9 Å². The van der Waals surface area contributed by atoms with E-state index in [9.17, 15) is 5.11 Å². The molecule has 0 spiro atoms. The standard InChI is InChI=1S/C22H32N4O/c1-4-23-22(25-15-21(17-27)20-8-6-5-7-9-20)24-14-18-10-12-19(13-11-18)16-26(2)3/h5-13,21,27H,4,14-17H2,1-3H3,(H2,23,24,25). The van der Waals surface area contributed by atoms with Gasteiger partial charge in [-0.2, -0.15) is 0 Å². The minimum Gasteiger partial charge on any atom is -0.396 e. The lowest BCUT2D eigenvalue weighted by Crippen LogP contribution is -2.39. The summed E-state index contributed by atoms with van der Waals surface area (Å²) in [5.41, 5.74) is 3.60. The minimum absolute atomic E-state index is 0.0420. The van der Waals surface area contributed by atoms with E-state index in [1.165, 1.54) is 11.1 Å². The van der Waals surface area contributed by atoms with Crippen LogP contribution in [0.1, 0.15) is 29.5 Å². The summed E-state index contributed by atoms with van der Waals surface area (Å²) in [4.78, 5) is 6.83. The normalized spacial score (nSPS) is 12.9. The molecule has 0 aliphatic carbocycles. The number of aliphatic hydroxyl groups excluding tert-OH is 1. The second-order valence-corrected chi connectivity index (χ2v) is 6.92. The highest BCUT2D eigenvalue weighted by Crippen LogP contribution is 2.13. The van der Waals surface area contributed by atoms with Gasteiger partial charge in [0.2, 0.25) is 0 Å². The molecule has 0 fully saturated rings. The van der Waals surface area contributed by atoms with Crippen LogP contribution in [0.25, 0.3) is 0 Å². The molecule has 5 nitrogen and oxygen atoms in total. The smallest absolute Gasteiger partial charge is 0.191 e. The molecular weight excluding hydrogens is 336 g/mol. The molecule has 5 heteroatoms. The van der Waals surface area contributed by atoms with Crippen LogP contribution in [-0.4, -0.2) is 49.8 Å². The van der Waals surface area contributed by atoms with E-state index >= 15 is 0 Å². The zero-order chi connectivity index (χ0) is 19.5. The highest BCUT2D eigenvalue weighted by Gasteiger charge is 2.10. The number of rotatable bonds is 9. The van der Waals surface area contributed by atoms with Crippen LogP contribution in [0, 0.1) is 0 Å². The van der Waals surface area contributed by atoms with Crippen LogP contribution in [0.5, 0.6) is 0 Å². The van der Waals surface area contributed by atoms with Crippen molar-refractivity contribution in [2.24, 2.45) is 4.99 Å². The lowest BCUT2D eigenvalue weighted by molar-refractivity contribution is 0.265. The van der Waals surface area contributed by atoms with Gasteiger partial charge in [-0.1, -0.05) is 54.6 Å². The Morgan fingerprint density at radius 3 is 2.26 bits per heavy atom. The van der Waals surface area contributed by atoms with Gasteiger partial charge in [0.25, 0.3) is 0 Å². The molecular formula is C22H32N4O. The maximum Gasteiger partial charge on any atom is 0.191 e. The van der Waals surface area contributed by atoms with E-state index in [-0.39, 0.29) is 12.5 Å². The van der Waals surface area contributed by atoms with E-state index in [1.807, 2.05) is 37.3 Å². The summed E-state index contributed by atoms with van der Waals surface area (Å²) < 4.78 is 0. The SMILES string of the molecule is CCNC(=NCc1ccc(CN(C)C)cc1)NCC(CO)c1ccccc1. The van der Waals surface area contributed by atoms with Crippen LogP contribution in [0.3, 0.4) is 0 Å². The van der Waals surface area contributed by atoms with Gasteiger partial charge >= 0.3 is 0 Å². The molecule has 0 heterocycles. The van der Waals surface area contributed by atoms with Crippen LogP contribution in [0.15, 0.2) is 59.6 Å². The number of hydrogen-bond donors (Lipinski definition) is 3. The van der Waals surface area contributed by atoms with Crippen LogP contribution in [-0.2, 0) is 13.1 Å². The fourth-order valence-corrected chi connectivity index (χ4v) is 2.86. The molecule has 2 aromatic rings. The van der Waals surface area contributed by atoms with Gasteiger partial charge < -0.3 is 20.6 Å². The third-order valence-electron chi connectivity index (χ3n) is 4.29. The van der Waals surface area contributed by atoms with E-state index in [0.717, 1.165) is 24.6 Å². The summed E-state index contributed by atoms with van der Waals surface area (Å²) in [6.07, 6.45) is 0. The minimum atomic E-state index is 0.0420. The maximum atomic E-state index is 9.71. The van der Waals surface area contributed by atoms with Gasteiger partial charge in [-0.3, -0.25) is 0 Å². The highest BCUT2D eigenvalue weighted by molar-refractivity contribution is 5.79. The van der Waals surface area contributed by atoms with E-state index in [0.29, 0.717) is 13.1 Å². The fourth-order valence-electron chi connectivity index (χ4n) is 2.86. The predicted molar refractivity (Wildman–Crippen MR) is 113 cm³/mol. The second-order valence-electron chi connectivity index (χ2n) is 6.92. The molecule has 3 N–H and O–H groups in total. The molecule has 0 aliphatic heterocycles. The molecule has 0 saturated heterocycles. The average molecular weight is 369 g/mol. The van der Waals surface area contributed by atoms with E-state index < -0.39 is 0 Å². The van der Waals surface area contributed by atoms with Crippen molar-refractivity contribution in [1.82, 2.24) is 15.5 Å². The summed E-state index contributed by atoms with van der Waals surface area (Å²) >= 11 is 0. The topological polar surface area (TPSA) is 59.9 Å². The molecule has 1 unspecified atom stereocenters. The van der Waals surface area contributed by atoms with Crippen LogP contribution in [0.4, 0.5) is 0 Å². The molecule has 2 rings (SSSR count). The number of guanidine groups is 1. The number of nitrogens with zero attached hydrogens (tertiary/aromatic N) is 2. The number of aliphatic hydroxyl groups is 1. The third kappa shape index (κ3) is 7.41. The zero-order valence-electron chi connectivity index (χ0n) is 16.7. The molecule has 146 valence electrons. The van der Waals surface area contributed by atoms with Crippen LogP contribution < -0.4 is 10.6 Å². The largest absolute Gasteiger partial charge is 0.396 e. The average Bonchev–Trinajstić information content (AvgIpc) is 2.68. The van der Waals surface area contributed by atoms with Crippen molar-refractivity contribution in [1.29, 1.82) is 0 Å². The van der Waals surface area contributed by atoms with Gasteiger partial charge in [0.1, 0.15) is 0 Å². The van der Waals surface area contributed by atoms with E-state index in [4.69, 9.17) is 0 Å². The number of nitrogens with one attached hydrogen (secondary N) is 2. The van der Waals surface area contributed by atoms with Crippen LogP contribution >= 0.6 is 0 Å². The maximum absolute atomic E-state index is 9.71. The first-order valence-electron chi connectivity index (χ1n) is 9.53. The van der Waals surface area contributed by atoms with E-state index in [2.05, 4.69) is 58.9 Å². The van der Waals surface area contributed by atoms with E-state index in [1.54, 1.807) is 0 Å². The predicted octanol–water partition coefficient (Wildman–Crippen LogP) is 2.58. The highest BCUT2D eigenvalue weighted by atomic mass is 16.3. The first-order valence-corrected chi connectivity index (χ1v) is 9.53. The molecule has 0 radical (unpaired) electrons. The molecule has 0 bridgehead atoms. The Morgan fingerprint density at radius 2 is 1.67 bits per heavy atom. The molecule has 2 aromatic carbocycles. The lowest BCUT2D eigenvalue weighted by Gasteiger charge is -2.18. The summed E-state index contributed by atoms with van der Waals surface area (Å²) in [6, 6.07) is 18.6. The van der Waals surface area contributed by atoms with Crippen molar-refractivity contribution in [3.63, 3.8) is 0 Å². The number of hydrogen-bond acceptors (Lipinski definition) is 3. The quantitative estimate of drug-likeness (QED) is 0.470. The number of benzene rings is 2. The Kier molecular flexibility index (Phi) is 8.81. The van der Waals surface area contributed by atoms with Gasteiger partial charge in [0.15, 0.2) is 5.96 Å². The molecule has 0 amide bonds. The molecule has 0 saturated carbocycles. The molecule has 0 aromatic heterocycles. The zero-order valence-corrected chi connectivity index (χ0v) is 16.7. The summed E-state index contributed by atoms with van der Waals surface area (Å²) in [5.74, 6) is 0.810. The first-order chi connectivity index (χ1) is 13.1. The fraction of sp³-hybridized carbons (Fsp3) is 0.409. The van der Waals surface area contributed by atoms with Gasteiger partial charge in [0.05, 0.1) is 13.2 Å².